The number of hydrogen-bond acceptors (Lipinski definition) is 6. The number of methoxy groups -OCH3 is 1. The van der Waals surface area contributed by atoms with E-state index in [1.54, 1.807) is 13.3 Å². The Morgan fingerprint density at radius 3 is 2.61 bits per heavy atom. The number of benzene rings is 3. The normalized spacial score (nSPS) is 10.9. The van der Waals surface area contributed by atoms with Gasteiger partial charge in [-0.2, -0.15) is 5.10 Å². The van der Waals surface area contributed by atoms with Crippen LogP contribution in [0.15, 0.2) is 87.8 Å². The van der Waals surface area contributed by atoms with Crippen LogP contribution in [0, 0.1) is 0 Å². The van der Waals surface area contributed by atoms with Crippen molar-refractivity contribution in [2.45, 2.75) is 6.61 Å². The second-order valence-corrected chi connectivity index (χ2v) is 8.37. The van der Waals surface area contributed by atoms with E-state index in [0.29, 0.717) is 18.1 Å². The van der Waals surface area contributed by atoms with Crippen molar-refractivity contribution in [2.75, 3.05) is 12.5 Å². The summed E-state index contributed by atoms with van der Waals surface area (Å²) in [6.45, 7) is 0.465. The molecule has 0 aliphatic rings. The zero-order valence-corrected chi connectivity index (χ0v) is 19.2. The molecule has 1 aromatic heterocycles. The predicted octanol–water partition coefficient (Wildman–Crippen LogP) is 6.61. The molecule has 0 bridgehead atoms. The predicted molar refractivity (Wildman–Crippen MR) is 130 cm³/mol. The highest BCUT2D eigenvalue weighted by Gasteiger charge is 2.06. The summed E-state index contributed by atoms with van der Waals surface area (Å²) in [7, 11) is 1.63. The van der Waals surface area contributed by atoms with Crippen LogP contribution < -0.4 is 14.9 Å². The first-order valence-corrected chi connectivity index (χ1v) is 11.2. The summed E-state index contributed by atoms with van der Waals surface area (Å²) in [5.41, 5.74) is 6.97. The number of halogens is 1. The molecule has 1 heterocycles. The van der Waals surface area contributed by atoms with Crippen LogP contribution in [-0.4, -0.2) is 18.3 Å². The Bertz CT molecular complexity index is 1160. The highest BCUT2D eigenvalue weighted by atomic mass is 79.9. The molecule has 0 amide bonds. The molecule has 0 unspecified atom stereocenters. The molecular formula is C24H20BrN3O2S. The van der Waals surface area contributed by atoms with Crippen molar-refractivity contribution in [3.8, 4) is 22.8 Å². The molecule has 4 rings (SSSR count). The molecule has 0 aliphatic carbocycles. The van der Waals surface area contributed by atoms with Gasteiger partial charge in [0, 0.05) is 15.4 Å². The molecule has 0 saturated carbocycles. The minimum absolute atomic E-state index is 0.465. The quantitative estimate of drug-likeness (QED) is 0.221. The van der Waals surface area contributed by atoms with Gasteiger partial charge >= 0.3 is 0 Å². The lowest BCUT2D eigenvalue weighted by Gasteiger charge is -2.11. The highest BCUT2D eigenvalue weighted by molar-refractivity contribution is 9.10. The second-order valence-electron chi connectivity index (χ2n) is 6.60. The van der Waals surface area contributed by atoms with E-state index in [9.17, 15) is 0 Å². The minimum Gasteiger partial charge on any atom is -0.493 e. The summed E-state index contributed by atoms with van der Waals surface area (Å²) in [4.78, 5) is 4.56. The highest BCUT2D eigenvalue weighted by Crippen LogP contribution is 2.29. The maximum atomic E-state index is 5.92. The molecule has 7 heteroatoms. The monoisotopic (exact) mass is 493 g/mol. The number of anilines is 1. The molecule has 3 aromatic carbocycles. The number of rotatable bonds is 8. The van der Waals surface area contributed by atoms with Crippen LogP contribution in [0.5, 0.6) is 11.5 Å². The summed E-state index contributed by atoms with van der Waals surface area (Å²) in [5.74, 6) is 1.34. The van der Waals surface area contributed by atoms with Crippen molar-refractivity contribution in [3.05, 3.63) is 93.8 Å². The van der Waals surface area contributed by atoms with Crippen LogP contribution in [0.25, 0.3) is 11.3 Å². The largest absolute Gasteiger partial charge is 0.493 e. The molecule has 0 aliphatic heterocycles. The number of aromatic nitrogens is 1. The van der Waals surface area contributed by atoms with E-state index in [1.807, 2.05) is 78.2 Å². The van der Waals surface area contributed by atoms with Gasteiger partial charge < -0.3 is 9.47 Å². The molecule has 31 heavy (non-hydrogen) atoms. The van der Waals surface area contributed by atoms with E-state index in [-0.39, 0.29) is 0 Å². The third kappa shape index (κ3) is 5.71. The van der Waals surface area contributed by atoms with Gasteiger partial charge in [-0.1, -0.05) is 58.4 Å². The maximum Gasteiger partial charge on any atom is 0.203 e. The van der Waals surface area contributed by atoms with Crippen LogP contribution >= 0.6 is 27.3 Å². The average Bonchev–Trinajstić information content (AvgIpc) is 3.28. The lowest BCUT2D eigenvalue weighted by Crippen LogP contribution is -1.98. The summed E-state index contributed by atoms with van der Waals surface area (Å²) in [5, 5.41) is 7.04. The van der Waals surface area contributed by atoms with Gasteiger partial charge in [0.15, 0.2) is 11.5 Å². The Hall–Kier alpha value is -3.16. The zero-order valence-electron chi connectivity index (χ0n) is 16.8. The Morgan fingerprint density at radius 2 is 1.84 bits per heavy atom. The van der Waals surface area contributed by atoms with Crippen molar-refractivity contribution in [1.82, 2.24) is 4.98 Å². The topological polar surface area (TPSA) is 55.7 Å². The van der Waals surface area contributed by atoms with Crippen LogP contribution in [-0.2, 0) is 6.61 Å². The Morgan fingerprint density at radius 1 is 1.03 bits per heavy atom. The van der Waals surface area contributed by atoms with Crippen molar-refractivity contribution in [2.24, 2.45) is 5.10 Å². The van der Waals surface area contributed by atoms with Crippen LogP contribution in [0.1, 0.15) is 11.1 Å². The minimum atomic E-state index is 0.465. The number of nitrogens with one attached hydrogen (secondary N) is 1. The molecule has 0 radical (unpaired) electrons. The summed E-state index contributed by atoms with van der Waals surface area (Å²) in [6.07, 6.45) is 1.73. The summed E-state index contributed by atoms with van der Waals surface area (Å²) in [6, 6.07) is 23.8. The molecule has 5 nitrogen and oxygen atoms in total. The first-order valence-electron chi connectivity index (χ1n) is 9.56. The zero-order chi connectivity index (χ0) is 21.5. The van der Waals surface area contributed by atoms with Gasteiger partial charge in [-0.25, -0.2) is 4.98 Å². The lowest BCUT2D eigenvalue weighted by molar-refractivity contribution is 0.284. The Labute approximate surface area is 193 Å². The maximum absolute atomic E-state index is 5.92. The van der Waals surface area contributed by atoms with Gasteiger partial charge in [-0.05, 0) is 41.5 Å². The molecule has 1 N–H and O–H groups in total. The van der Waals surface area contributed by atoms with E-state index >= 15 is 0 Å². The lowest BCUT2D eigenvalue weighted by atomic mass is 10.2. The fourth-order valence-corrected chi connectivity index (χ4v) is 3.79. The van der Waals surface area contributed by atoms with Crippen molar-refractivity contribution in [1.29, 1.82) is 0 Å². The van der Waals surface area contributed by atoms with Gasteiger partial charge in [-0.3, -0.25) is 5.43 Å². The van der Waals surface area contributed by atoms with Crippen LogP contribution in [0.4, 0.5) is 5.13 Å². The van der Waals surface area contributed by atoms with Gasteiger partial charge in [0.1, 0.15) is 6.61 Å². The molecule has 0 atom stereocenters. The second kappa shape index (κ2) is 10.2. The SMILES string of the molecule is COc1cc(C=NNc2nc(-c3ccccc3)cs2)ccc1OCc1ccc(Br)cc1. The van der Waals surface area contributed by atoms with Crippen molar-refractivity contribution >= 4 is 38.6 Å². The number of thiazole rings is 1. The van der Waals surface area contributed by atoms with E-state index in [4.69, 9.17) is 9.47 Å². The van der Waals surface area contributed by atoms with E-state index in [0.717, 1.165) is 32.0 Å². The average molecular weight is 494 g/mol. The number of ether oxygens (including phenoxy) is 2. The van der Waals surface area contributed by atoms with Crippen LogP contribution in [0.3, 0.4) is 0 Å². The first kappa shape index (κ1) is 21.1. The number of hydrogen-bond donors (Lipinski definition) is 1. The van der Waals surface area contributed by atoms with E-state index in [1.165, 1.54) is 11.3 Å². The first-order chi connectivity index (χ1) is 15.2. The molecule has 156 valence electrons. The van der Waals surface area contributed by atoms with Gasteiger partial charge in [-0.15, -0.1) is 11.3 Å². The van der Waals surface area contributed by atoms with Crippen LogP contribution in [0.2, 0.25) is 0 Å². The fourth-order valence-electron chi connectivity index (χ4n) is 2.85. The standard InChI is InChI=1S/C24H20BrN3O2S/c1-29-23-13-18(9-12-22(23)30-15-17-7-10-20(25)11-8-17)14-26-28-24-27-21(16-31-24)19-5-3-2-4-6-19/h2-14,16H,15H2,1H3,(H,27,28). The van der Waals surface area contributed by atoms with Gasteiger partial charge in [0.25, 0.3) is 0 Å². The summed E-state index contributed by atoms with van der Waals surface area (Å²) >= 11 is 4.95. The summed E-state index contributed by atoms with van der Waals surface area (Å²) < 4.78 is 12.4. The van der Waals surface area contributed by atoms with E-state index in [2.05, 4.69) is 31.4 Å². The smallest absolute Gasteiger partial charge is 0.203 e. The Balaban J connectivity index is 1.38. The third-order valence-electron chi connectivity index (χ3n) is 4.44. The number of nitrogens with zero attached hydrogens (tertiary/aromatic N) is 2. The molecule has 0 saturated heterocycles. The van der Waals surface area contributed by atoms with Gasteiger partial charge in [0.2, 0.25) is 5.13 Å². The fraction of sp³-hybridized carbons (Fsp3) is 0.0833. The third-order valence-corrected chi connectivity index (χ3v) is 5.72. The molecule has 0 spiro atoms. The molecular weight excluding hydrogens is 474 g/mol. The van der Waals surface area contributed by atoms with Crippen molar-refractivity contribution in [3.63, 3.8) is 0 Å². The molecule has 0 fully saturated rings. The Kier molecular flexibility index (Phi) is 6.96. The molecule has 4 aromatic rings. The number of hydrazone groups is 1. The van der Waals surface area contributed by atoms with Crippen molar-refractivity contribution < 1.29 is 9.47 Å². The van der Waals surface area contributed by atoms with Gasteiger partial charge in [0.05, 0.1) is 19.0 Å². The van der Waals surface area contributed by atoms with E-state index < -0.39 is 0 Å².